The van der Waals surface area contributed by atoms with Gasteiger partial charge in [0.05, 0.1) is 6.61 Å². The third-order valence-electron chi connectivity index (χ3n) is 3.70. The lowest BCUT2D eigenvalue weighted by Crippen LogP contribution is -2.60. The fourth-order valence-corrected chi connectivity index (χ4v) is 3.44. The van der Waals surface area contributed by atoms with E-state index in [0.717, 1.165) is 5.88 Å². The second kappa shape index (κ2) is 7.17. The lowest BCUT2D eigenvalue weighted by molar-refractivity contribution is -0.290. The van der Waals surface area contributed by atoms with Gasteiger partial charge in [0.2, 0.25) is 5.79 Å². The monoisotopic (exact) mass is 403 g/mol. The molecule has 25 heavy (non-hydrogen) atoms. The predicted octanol–water partition coefficient (Wildman–Crippen LogP) is 0.850. The molecular formula is C14H26ClNO8S. The van der Waals surface area contributed by atoms with Crippen LogP contribution in [0.15, 0.2) is 0 Å². The largest absolute Gasteiger partial charge is 0.343 e. The number of hydrogen-bond donors (Lipinski definition) is 1. The van der Waals surface area contributed by atoms with E-state index in [1.54, 1.807) is 27.7 Å². The molecule has 3 saturated heterocycles. The van der Waals surface area contributed by atoms with E-state index in [1.807, 2.05) is 6.92 Å². The Morgan fingerprint density at radius 1 is 1.16 bits per heavy atom. The third kappa shape index (κ3) is 5.02. The fraction of sp³-hybridized carbons (Fsp3) is 1.00. The van der Waals surface area contributed by atoms with Crippen molar-refractivity contribution in [3.63, 3.8) is 0 Å². The fourth-order valence-electron chi connectivity index (χ4n) is 3.11. The van der Waals surface area contributed by atoms with Gasteiger partial charge in [0.15, 0.2) is 11.6 Å². The first kappa shape index (κ1) is 21.3. The van der Waals surface area contributed by atoms with Crippen LogP contribution in [0, 0.1) is 0 Å². The molecule has 0 radical (unpaired) electrons. The van der Waals surface area contributed by atoms with Crippen molar-refractivity contribution >= 4 is 21.9 Å². The van der Waals surface area contributed by atoms with E-state index in [4.69, 9.17) is 44.6 Å². The van der Waals surface area contributed by atoms with Gasteiger partial charge in [-0.25, -0.2) is 5.14 Å². The SMILES string of the molecule is CC1(C)O[C@@H]2[C@@H](CO[C@@]3(COS(N)(=O)=O)OC(C)(C)O[C@@H]23)O1.CCCl. The summed E-state index contributed by atoms with van der Waals surface area (Å²) >= 11 is 5.00. The number of rotatable bonds is 3. The Balaban J connectivity index is 0.000000701. The zero-order valence-corrected chi connectivity index (χ0v) is 16.6. The van der Waals surface area contributed by atoms with Crippen molar-refractivity contribution in [3.8, 4) is 0 Å². The molecule has 3 heterocycles. The summed E-state index contributed by atoms with van der Waals surface area (Å²) in [6, 6.07) is 0. The Hall–Kier alpha value is -0.0400. The molecular weight excluding hydrogens is 378 g/mol. The molecule has 0 amide bonds. The minimum atomic E-state index is -4.14. The van der Waals surface area contributed by atoms with E-state index in [0.29, 0.717) is 0 Å². The van der Waals surface area contributed by atoms with Gasteiger partial charge in [0, 0.05) is 5.88 Å². The summed E-state index contributed by atoms with van der Waals surface area (Å²) < 4.78 is 55.9. The zero-order valence-electron chi connectivity index (χ0n) is 15.0. The molecule has 0 aliphatic carbocycles. The molecule has 3 rings (SSSR count). The summed E-state index contributed by atoms with van der Waals surface area (Å²) in [5, 5.41) is 4.89. The maximum atomic E-state index is 11.1. The average molecular weight is 404 g/mol. The van der Waals surface area contributed by atoms with E-state index in [2.05, 4.69) is 0 Å². The number of ether oxygens (including phenoxy) is 5. The summed E-state index contributed by atoms with van der Waals surface area (Å²) in [4.78, 5) is 0. The standard InChI is InChI=1S/C12H21NO8S.C2H5Cl/c1-10(2)18-7-5-16-12(6-17-22(13,14)15)9(8(7)19-10)20-11(3,4)21-12;1-2-3/h7-9H,5-6H2,1-4H3,(H2,13,14,15);2H2,1H3/t7-,8-,9+,12+;/m1./s1. The van der Waals surface area contributed by atoms with E-state index >= 15 is 0 Å². The first-order chi connectivity index (χ1) is 11.3. The second-order valence-electron chi connectivity index (χ2n) is 6.82. The summed E-state index contributed by atoms with van der Waals surface area (Å²) in [6.45, 7) is 8.60. The quantitative estimate of drug-likeness (QED) is 0.689. The van der Waals surface area contributed by atoms with E-state index < -0.39 is 46.5 Å². The topological polar surface area (TPSA) is 116 Å². The average Bonchev–Trinajstić information content (AvgIpc) is 2.88. The minimum Gasteiger partial charge on any atom is -0.343 e. The van der Waals surface area contributed by atoms with Gasteiger partial charge in [-0.2, -0.15) is 8.42 Å². The normalized spacial score (nSPS) is 38.4. The molecule has 11 heteroatoms. The molecule has 2 N–H and O–H groups in total. The Morgan fingerprint density at radius 3 is 2.32 bits per heavy atom. The first-order valence-corrected chi connectivity index (χ1v) is 9.94. The number of fused-ring (bicyclic) bond motifs is 3. The lowest BCUT2D eigenvalue weighted by atomic mass is 9.98. The lowest BCUT2D eigenvalue weighted by Gasteiger charge is -2.40. The van der Waals surface area contributed by atoms with Crippen molar-refractivity contribution in [2.75, 3.05) is 19.1 Å². The highest BCUT2D eigenvalue weighted by Gasteiger charge is 2.65. The molecule has 3 fully saturated rings. The molecule has 3 aliphatic rings. The molecule has 0 unspecified atom stereocenters. The highest BCUT2D eigenvalue weighted by molar-refractivity contribution is 7.84. The molecule has 0 spiro atoms. The van der Waals surface area contributed by atoms with Gasteiger partial charge in [-0.3, -0.25) is 4.18 Å². The van der Waals surface area contributed by atoms with E-state index in [9.17, 15) is 8.42 Å². The Morgan fingerprint density at radius 2 is 1.76 bits per heavy atom. The van der Waals surface area contributed by atoms with Crippen LogP contribution in [-0.4, -0.2) is 63.2 Å². The summed E-state index contributed by atoms with van der Waals surface area (Å²) in [5.41, 5.74) is 0. The second-order valence-corrected chi connectivity index (χ2v) is 8.58. The first-order valence-electron chi connectivity index (χ1n) is 7.94. The third-order valence-corrected chi connectivity index (χ3v) is 4.15. The van der Waals surface area contributed by atoms with Crippen LogP contribution in [0.25, 0.3) is 0 Å². The Bertz CT molecular complexity index is 583. The van der Waals surface area contributed by atoms with Crippen LogP contribution in [0.2, 0.25) is 0 Å². The summed E-state index contributed by atoms with van der Waals surface area (Å²) in [7, 11) is -4.14. The van der Waals surface area contributed by atoms with Crippen molar-refractivity contribution in [1.29, 1.82) is 0 Å². The van der Waals surface area contributed by atoms with Crippen molar-refractivity contribution in [2.24, 2.45) is 5.14 Å². The number of nitrogens with two attached hydrogens (primary N) is 1. The number of hydrogen-bond acceptors (Lipinski definition) is 8. The molecule has 4 atom stereocenters. The zero-order chi connectivity index (χ0) is 19.1. The van der Waals surface area contributed by atoms with Crippen LogP contribution in [0.5, 0.6) is 0 Å². The van der Waals surface area contributed by atoms with E-state index in [-0.39, 0.29) is 12.7 Å². The van der Waals surface area contributed by atoms with Crippen molar-refractivity contribution in [3.05, 3.63) is 0 Å². The maximum absolute atomic E-state index is 11.1. The molecule has 0 bridgehead atoms. The van der Waals surface area contributed by atoms with Crippen LogP contribution in [-0.2, 0) is 38.2 Å². The predicted molar refractivity (Wildman–Crippen MR) is 88.0 cm³/mol. The summed E-state index contributed by atoms with van der Waals surface area (Å²) in [6.07, 6.45) is -1.50. The van der Waals surface area contributed by atoms with Crippen molar-refractivity contribution in [1.82, 2.24) is 0 Å². The van der Waals surface area contributed by atoms with Gasteiger partial charge in [0.1, 0.15) is 24.9 Å². The van der Waals surface area contributed by atoms with Gasteiger partial charge in [0.25, 0.3) is 0 Å². The van der Waals surface area contributed by atoms with Crippen LogP contribution in [0.3, 0.4) is 0 Å². The van der Waals surface area contributed by atoms with Crippen LogP contribution in [0.1, 0.15) is 34.6 Å². The van der Waals surface area contributed by atoms with Gasteiger partial charge < -0.3 is 23.7 Å². The van der Waals surface area contributed by atoms with Gasteiger partial charge >= 0.3 is 10.3 Å². The van der Waals surface area contributed by atoms with Crippen LogP contribution < -0.4 is 5.14 Å². The molecule has 0 aromatic heterocycles. The van der Waals surface area contributed by atoms with Gasteiger partial charge in [-0.1, -0.05) is 6.92 Å². The maximum Gasteiger partial charge on any atom is 0.333 e. The van der Waals surface area contributed by atoms with Crippen LogP contribution in [0.4, 0.5) is 0 Å². The smallest absolute Gasteiger partial charge is 0.333 e. The van der Waals surface area contributed by atoms with Gasteiger partial charge in [-0.15, -0.1) is 11.6 Å². The highest BCUT2D eigenvalue weighted by atomic mass is 35.5. The molecule has 0 aromatic rings. The molecule has 148 valence electrons. The van der Waals surface area contributed by atoms with Crippen LogP contribution >= 0.6 is 11.6 Å². The molecule has 3 aliphatic heterocycles. The summed E-state index contributed by atoms with van der Waals surface area (Å²) in [5.74, 6) is -2.47. The molecule has 9 nitrogen and oxygen atoms in total. The highest BCUT2D eigenvalue weighted by Crippen LogP contribution is 2.47. The van der Waals surface area contributed by atoms with E-state index in [1.165, 1.54) is 0 Å². The number of alkyl halides is 1. The van der Waals surface area contributed by atoms with Crippen molar-refractivity contribution < 1.29 is 36.3 Å². The van der Waals surface area contributed by atoms with Gasteiger partial charge in [-0.05, 0) is 27.7 Å². The molecule has 0 aromatic carbocycles. The minimum absolute atomic E-state index is 0.165. The Kier molecular flexibility index (Phi) is 6.10. The Labute approximate surface area is 153 Å². The van der Waals surface area contributed by atoms with Crippen molar-refractivity contribution in [2.45, 2.75) is 70.3 Å². The number of halogens is 1. The molecule has 0 saturated carbocycles.